The van der Waals surface area contributed by atoms with Gasteiger partial charge < -0.3 is 0 Å². The van der Waals surface area contributed by atoms with Crippen LogP contribution in [0.25, 0.3) is 245 Å². The molecule has 0 amide bonds. The van der Waals surface area contributed by atoms with E-state index in [1.54, 1.807) is 24.8 Å². The van der Waals surface area contributed by atoms with Crippen LogP contribution < -0.4 is 0 Å². The number of benzene rings is 18. The van der Waals surface area contributed by atoms with Crippen LogP contribution in [0.4, 0.5) is 0 Å². The van der Waals surface area contributed by atoms with Crippen LogP contribution >= 0.6 is 0 Å². The highest BCUT2D eigenvalue weighted by atomic mass is 14.9. The second-order valence-electron chi connectivity index (χ2n) is 33.0. The predicted octanol–water partition coefficient (Wildman–Crippen LogP) is 30.9. The molecule has 0 saturated heterocycles. The SMILES string of the molecule is c1ccc(-c2cc(-c3ccc4c(ccc5ccccc54)c3)nc(-c3cccc4c(-c5nc(-c6ccccc6)cc(-c6ccc7c(ccc8ccccc87)c6)n5)cccc34)n2)cc1.c1ccc(-c2ccc(-c3ccc(-c4cc(-c5ccncc5)nc(-c5cccc6c(-c7nc(-c8ccncc8)cc(-c8ccc(-c9ccc(-c%10ccccc%10)cc9)cc8)n7)cccc56)n4)cc3)cc2)cc1. The fourth-order valence-electron chi connectivity index (χ4n) is 18.1. The van der Waals surface area contributed by atoms with Crippen molar-refractivity contribution in [2.24, 2.45) is 0 Å². The zero-order valence-electron chi connectivity index (χ0n) is 71.5. The molecule has 0 aliphatic carbocycles. The predicted molar refractivity (Wildman–Crippen MR) is 543 cm³/mol. The van der Waals surface area contributed by atoms with E-state index in [0.29, 0.717) is 23.3 Å². The quantitative estimate of drug-likeness (QED) is 0.0862. The van der Waals surface area contributed by atoms with Gasteiger partial charge in [-0.1, -0.05) is 388 Å². The summed E-state index contributed by atoms with van der Waals surface area (Å²) in [7, 11) is 0. The summed E-state index contributed by atoms with van der Waals surface area (Å²) in [6.45, 7) is 0. The lowest BCUT2D eigenvalue weighted by atomic mass is 9.97. The molecule has 616 valence electrons. The molecule has 18 aromatic carbocycles. The van der Waals surface area contributed by atoms with E-state index in [4.69, 9.17) is 39.9 Å². The van der Waals surface area contributed by atoms with Gasteiger partial charge in [-0.05, 0) is 170 Å². The minimum Gasteiger partial charge on any atom is -0.265 e. The highest BCUT2D eigenvalue weighted by molar-refractivity contribution is 6.11. The second kappa shape index (κ2) is 34.8. The van der Waals surface area contributed by atoms with Crippen LogP contribution in [0.15, 0.2) is 474 Å². The van der Waals surface area contributed by atoms with E-state index < -0.39 is 0 Å². The van der Waals surface area contributed by atoms with Crippen LogP contribution in [0.1, 0.15) is 0 Å². The minimum absolute atomic E-state index is 0.620. The zero-order valence-corrected chi connectivity index (χ0v) is 71.5. The van der Waals surface area contributed by atoms with Crippen molar-refractivity contribution in [3.8, 4) is 180 Å². The minimum atomic E-state index is 0.620. The van der Waals surface area contributed by atoms with Crippen LogP contribution in [0.5, 0.6) is 0 Å². The summed E-state index contributed by atoms with van der Waals surface area (Å²) in [6, 6.07) is 157. The van der Waals surface area contributed by atoms with E-state index in [-0.39, 0.29) is 0 Å². The fraction of sp³-hybridized carbons (Fsp3) is 0. The number of fused-ring (bicyclic) bond motifs is 8. The molecule has 0 aliphatic heterocycles. The van der Waals surface area contributed by atoms with E-state index in [2.05, 4.69) is 410 Å². The van der Waals surface area contributed by atoms with Crippen molar-refractivity contribution in [1.82, 2.24) is 49.8 Å². The number of pyridine rings is 2. The van der Waals surface area contributed by atoms with E-state index in [1.165, 1.54) is 65.3 Å². The summed E-state index contributed by atoms with van der Waals surface area (Å²) >= 11 is 0. The number of hydrogen-bond acceptors (Lipinski definition) is 10. The molecular formula is C122H78N10. The summed E-state index contributed by atoms with van der Waals surface area (Å²) in [5.41, 5.74) is 27.8. The zero-order chi connectivity index (χ0) is 87.6. The summed E-state index contributed by atoms with van der Waals surface area (Å²) in [6.07, 6.45) is 7.19. The van der Waals surface area contributed by atoms with Crippen LogP contribution in [0.2, 0.25) is 0 Å². The second-order valence-corrected chi connectivity index (χ2v) is 33.0. The van der Waals surface area contributed by atoms with Crippen molar-refractivity contribution >= 4 is 64.6 Å². The molecule has 24 aromatic rings. The normalized spacial score (nSPS) is 11.3. The summed E-state index contributed by atoms with van der Waals surface area (Å²) < 4.78 is 0. The van der Waals surface area contributed by atoms with Crippen LogP contribution in [0.3, 0.4) is 0 Å². The maximum atomic E-state index is 5.33. The molecule has 132 heavy (non-hydrogen) atoms. The Morgan fingerprint density at radius 3 is 0.598 bits per heavy atom. The third-order valence-corrected chi connectivity index (χ3v) is 24.9. The Kier molecular flexibility index (Phi) is 20.8. The lowest BCUT2D eigenvalue weighted by Crippen LogP contribution is -1.98. The Morgan fingerprint density at radius 2 is 0.311 bits per heavy atom. The Hall–Kier alpha value is -17.9. The van der Waals surface area contributed by atoms with Crippen molar-refractivity contribution in [3.63, 3.8) is 0 Å². The van der Waals surface area contributed by atoms with Crippen LogP contribution in [-0.2, 0) is 0 Å². The van der Waals surface area contributed by atoms with Crippen molar-refractivity contribution in [1.29, 1.82) is 0 Å². The van der Waals surface area contributed by atoms with E-state index >= 15 is 0 Å². The Balaban J connectivity index is 0.000000151. The first-order chi connectivity index (χ1) is 65.4. The van der Waals surface area contributed by atoms with Crippen LogP contribution in [-0.4, -0.2) is 49.8 Å². The van der Waals surface area contributed by atoms with Crippen molar-refractivity contribution < 1.29 is 0 Å². The van der Waals surface area contributed by atoms with E-state index in [9.17, 15) is 0 Å². The summed E-state index contributed by atoms with van der Waals surface area (Å²) in [5.74, 6) is 2.56. The van der Waals surface area contributed by atoms with Crippen molar-refractivity contribution in [3.05, 3.63) is 474 Å². The van der Waals surface area contributed by atoms with Gasteiger partial charge in [0.05, 0.1) is 45.6 Å². The Morgan fingerprint density at radius 1 is 0.114 bits per heavy atom. The standard InChI is InChI=1S/C64H42N6.C58H36N4/c1-3-9-43(10-4-1)45-17-21-47(22-18-45)49-25-29-51(30-26-49)59-41-61(53-33-37-65-38-34-53)69-63(67-59)57-15-7-14-56-55(57)13-8-16-58(56)64-68-60(42-62(70-64)54-35-39-66-40-36-54)52-31-27-50(28-32-52)48-23-19-46(20-24-48)44-11-5-2-6-12-44;1-3-15-39(16-4-1)53-35-55(43-29-31-47-41(33-43)27-25-37-13-7-9-19-45(37)47)61-57(59-53)51-23-11-22-50-49(51)21-12-24-52(50)58-60-54(40-17-5-2-6-18-40)36-56(62-58)44-30-32-48-42(34-44)28-26-38-14-8-10-20-46(38)48/h1-42H;1-36H. The van der Waals surface area contributed by atoms with E-state index in [0.717, 1.165) is 156 Å². The molecule has 6 heterocycles. The average molecular weight is 1680 g/mol. The van der Waals surface area contributed by atoms with Gasteiger partial charge in [0.25, 0.3) is 0 Å². The summed E-state index contributed by atoms with van der Waals surface area (Å²) in [5, 5.41) is 13.8. The van der Waals surface area contributed by atoms with E-state index in [1.807, 2.05) is 48.5 Å². The Bertz CT molecular complexity index is 7940. The topological polar surface area (TPSA) is 129 Å². The largest absolute Gasteiger partial charge is 0.265 e. The molecule has 24 rings (SSSR count). The maximum Gasteiger partial charge on any atom is 0.161 e. The van der Waals surface area contributed by atoms with Crippen molar-refractivity contribution in [2.75, 3.05) is 0 Å². The van der Waals surface area contributed by atoms with Gasteiger partial charge in [-0.3, -0.25) is 9.97 Å². The molecule has 0 radical (unpaired) electrons. The highest BCUT2D eigenvalue weighted by Crippen LogP contribution is 2.43. The highest BCUT2D eigenvalue weighted by Gasteiger charge is 2.22. The summed E-state index contributed by atoms with van der Waals surface area (Å²) in [4.78, 5) is 50.8. The number of hydrogen-bond donors (Lipinski definition) is 0. The molecule has 0 aliphatic rings. The molecule has 10 nitrogen and oxygen atoms in total. The monoisotopic (exact) mass is 1680 g/mol. The van der Waals surface area contributed by atoms with Gasteiger partial charge in [-0.15, -0.1) is 0 Å². The molecule has 0 N–H and O–H groups in total. The molecule has 0 fully saturated rings. The third kappa shape index (κ3) is 15.8. The van der Waals surface area contributed by atoms with Gasteiger partial charge in [0, 0.05) is 91.5 Å². The van der Waals surface area contributed by atoms with Gasteiger partial charge in [-0.25, -0.2) is 39.9 Å². The molecule has 10 heteroatoms. The third-order valence-electron chi connectivity index (χ3n) is 24.9. The molecule has 0 unspecified atom stereocenters. The first kappa shape index (κ1) is 78.8. The fourth-order valence-corrected chi connectivity index (χ4v) is 18.1. The van der Waals surface area contributed by atoms with Gasteiger partial charge in [0.1, 0.15) is 0 Å². The number of rotatable bonds is 16. The number of aromatic nitrogens is 10. The molecule has 6 aromatic heterocycles. The van der Waals surface area contributed by atoms with Gasteiger partial charge in [0.15, 0.2) is 23.3 Å². The van der Waals surface area contributed by atoms with Gasteiger partial charge >= 0.3 is 0 Å². The van der Waals surface area contributed by atoms with Gasteiger partial charge in [-0.2, -0.15) is 0 Å². The maximum absolute atomic E-state index is 5.33. The molecule has 0 atom stereocenters. The number of nitrogens with zero attached hydrogens (tertiary/aromatic N) is 10. The molecular weight excluding hydrogens is 1610 g/mol. The first-order valence-electron chi connectivity index (χ1n) is 44.3. The first-order valence-corrected chi connectivity index (χ1v) is 44.3. The lowest BCUT2D eigenvalue weighted by Gasteiger charge is -2.14. The molecule has 0 bridgehead atoms. The van der Waals surface area contributed by atoms with Gasteiger partial charge in [0.2, 0.25) is 0 Å². The Labute approximate surface area is 763 Å². The molecule has 0 saturated carbocycles. The van der Waals surface area contributed by atoms with Crippen molar-refractivity contribution in [2.45, 2.75) is 0 Å². The average Bonchev–Trinajstić information content (AvgIpc) is 0.762. The smallest absolute Gasteiger partial charge is 0.161 e. The molecule has 0 spiro atoms. The van der Waals surface area contributed by atoms with Crippen LogP contribution in [0, 0.1) is 0 Å². The lowest BCUT2D eigenvalue weighted by molar-refractivity contribution is 1.18.